The number of hydrogen-bond acceptors (Lipinski definition) is 4. The molecule has 2 N–H and O–H groups in total. The molecule has 7 nitrogen and oxygen atoms in total. The molecule has 0 atom stereocenters. The van der Waals surface area contributed by atoms with Crippen LogP contribution >= 0.6 is 0 Å². The number of carbonyl (C=O) groups excluding carboxylic acids is 2. The molecule has 0 spiro atoms. The van der Waals surface area contributed by atoms with Gasteiger partial charge in [0.2, 0.25) is 5.91 Å². The number of para-hydroxylation sites is 1. The lowest BCUT2D eigenvalue weighted by Gasteiger charge is -2.33. The summed E-state index contributed by atoms with van der Waals surface area (Å²) in [6.07, 6.45) is 5.62. The molecule has 152 valence electrons. The molecule has 1 aliphatic carbocycles. The minimum atomic E-state index is -0.912. The first-order chi connectivity index (χ1) is 14.0. The Bertz CT molecular complexity index is 942. The Labute approximate surface area is 168 Å². The number of carbonyl (C=O) groups is 3. The van der Waals surface area contributed by atoms with Crippen molar-refractivity contribution in [2.75, 3.05) is 11.4 Å². The van der Waals surface area contributed by atoms with Crippen molar-refractivity contribution in [3.05, 3.63) is 53.5 Å². The van der Waals surface area contributed by atoms with Crippen molar-refractivity contribution >= 4 is 23.5 Å². The van der Waals surface area contributed by atoms with Gasteiger partial charge in [-0.05, 0) is 30.5 Å². The van der Waals surface area contributed by atoms with E-state index in [1.165, 1.54) is 6.26 Å². The molecule has 0 bridgehead atoms. The Hall–Kier alpha value is -3.09. The van der Waals surface area contributed by atoms with Crippen molar-refractivity contribution in [3.63, 3.8) is 0 Å². The number of rotatable bonds is 6. The Morgan fingerprint density at radius 3 is 2.66 bits per heavy atom. The van der Waals surface area contributed by atoms with Crippen LogP contribution in [0.1, 0.15) is 53.8 Å². The average Bonchev–Trinajstić information content (AvgIpc) is 3.31. The number of nitrogens with zero attached hydrogens (tertiary/aromatic N) is 1. The lowest BCUT2D eigenvalue weighted by Crippen LogP contribution is -2.44. The van der Waals surface area contributed by atoms with Crippen LogP contribution in [-0.2, 0) is 22.6 Å². The van der Waals surface area contributed by atoms with Crippen LogP contribution in [0.2, 0.25) is 0 Å². The normalized spacial score (nSPS) is 17.8. The fourth-order valence-electron chi connectivity index (χ4n) is 4.34. The van der Waals surface area contributed by atoms with Crippen LogP contribution in [0.15, 0.2) is 41.0 Å². The average molecular weight is 396 g/mol. The quantitative estimate of drug-likeness (QED) is 0.781. The number of furan rings is 1. The van der Waals surface area contributed by atoms with E-state index in [4.69, 9.17) is 4.42 Å². The fraction of sp³-hybridized carbons (Fsp3) is 0.409. The minimum Gasteiger partial charge on any atom is -0.481 e. The van der Waals surface area contributed by atoms with Crippen LogP contribution < -0.4 is 10.2 Å². The Balaban J connectivity index is 1.47. The second-order valence-electron chi connectivity index (χ2n) is 7.89. The van der Waals surface area contributed by atoms with Gasteiger partial charge < -0.3 is 19.7 Å². The van der Waals surface area contributed by atoms with E-state index in [9.17, 15) is 19.5 Å². The first-order valence-corrected chi connectivity index (χ1v) is 9.96. The summed E-state index contributed by atoms with van der Waals surface area (Å²) >= 11 is 0. The van der Waals surface area contributed by atoms with E-state index in [1.54, 1.807) is 11.0 Å². The molecule has 1 saturated carbocycles. The third-order valence-electron chi connectivity index (χ3n) is 6.06. The van der Waals surface area contributed by atoms with Gasteiger partial charge in [-0.3, -0.25) is 14.4 Å². The minimum absolute atomic E-state index is 0.0224. The molecule has 4 rings (SSSR count). The van der Waals surface area contributed by atoms with E-state index in [0.29, 0.717) is 24.8 Å². The number of hydrogen-bond donors (Lipinski definition) is 2. The molecule has 0 saturated heterocycles. The first kappa shape index (κ1) is 19.2. The highest BCUT2D eigenvalue weighted by atomic mass is 16.4. The monoisotopic (exact) mass is 396 g/mol. The van der Waals surface area contributed by atoms with Gasteiger partial charge in [-0.25, -0.2) is 0 Å². The van der Waals surface area contributed by atoms with Crippen LogP contribution in [0, 0.1) is 5.41 Å². The largest absolute Gasteiger partial charge is 0.481 e. The summed E-state index contributed by atoms with van der Waals surface area (Å²) in [5, 5.41) is 12.4. The molecule has 2 aliphatic rings. The molecule has 1 fully saturated rings. The number of aliphatic carboxylic acids is 1. The van der Waals surface area contributed by atoms with Gasteiger partial charge in [0.1, 0.15) is 0 Å². The SMILES string of the molecule is O=C(NCC1(C(=O)O)CCCCC1)c1occc1CN1C(=O)Cc2ccccc21. The molecule has 0 radical (unpaired) electrons. The maximum absolute atomic E-state index is 12.7. The molecule has 2 heterocycles. The summed E-state index contributed by atoms with van der Waals surface area (Å²) in [4.78, 5) is 38.6. The Kier molecular flexibility index (Phi) is 5.13. The van der Waals surface area contributed by atoms with Gasteiger partial charge in [-0.15, -0.1) is 0 Å². The summed E-state index contributed by atoms with van der Waals surface area (Å²) in [5.41, 5.74) is 1.50. The number of carboxylic acid groups (broad SMARTS) is 1. The zero-order valence-electron chi connectivity index (χ0n) is 16.1. The predicted octanol–water partition coefficient (Wildman–Crippen LogP) is 3.13. The summed E-state index contributed by atoms with van der Waals surface area (Å²) in [6.45, 7) is 0.311. The number of carboxylic acids is 1. The Morgan fingerprint density at radius 2 is 1.90 bits per heavy atom. The topological polar surface area (TPSA) is 99.8 Å². The van der Waals surface area contributed by atoms with Crippen molar-refractivity contribution in [1.29, 1.82) is 0 Å². The maximum Gasteiger partial charge on any atom is 0.311 e. The van der Waals surface area contributed by atoms with E-state index in [0.717, 1.165) is 30.5 Å². The van der Waals surface area contributed by atoms with Gasteiger partial charge in [0, 0.05) is 17.8 Å². The van der Waals surface area contributed by atoms with Crippen molar-refractivity contribution in [2.24, 2.45) is 5.41 Å². The van der Waals surface area contributed by atoms with E-state index >= 15 is 0 Å². The maximum atomic E-state index is 12.7. The summed E-state index contributed by atoms with van der Waals surface area (Å²) in [7, 11) is 0. The highest BCUT2D eigenvalue weighted by molar-refractivity contribution is 6.01. The van der Waals surface area contributed by atoms with Crippen LogP contribution in [0.25, 0.3) is 0 Å². The fourth-order valence-corrected chi connectivity index (χ4v) is 4.34. The van der Waals surface area contributed by atoms with Crippen LogP contribution in [0.4, 0.5) is 5.69 Å². The zero-order chi connectivity index (χ0) is 20.4. The van der Waals surface area contributed by atoms with Gasteiger partial charge in [-0.2, -0.15) is 0 Å². The lowest BCUT2D eigenvalue weighted by atomic mass is 9.74. The van der Waals surface area contributed by atoms with Crippen molar-refractivity contribution < 1.29 is 23.9 Å². The van der Waals surface area contributed by atoms with Gasteiger partial charge in [-0.1, -0.05) is 37.5 Å². The van der Waals surface area contributed by atoms with E-state index < -0.39 is 17.3 Å². The summed E-state index contributed by atoms with van der Waals surface area (Å²) in [5.74, 6) is -1.21. The number of nitrogens with one attached hydrogen (secondary N) is 1. The first-order valence-electron chi connectivity index (χ1n) is 9.96. The van der Waals surface area contributed by atoms with Crippen LogP contribution in [0.5, 0.6) is 0 Å². The van der Waals surface area contributed by atoms with Crippen molar-refractivity contribution in [1.82, 2.24) is 5.32 Å². The second-order valence-corrected chi connectivity index (χ2v) is 7.89. The van der Waals surface area contributed by atoms with E-state index in [-0.39, 0.29) is 24.8 Å². The summed E-state index contributed by atoms with van der Waals surface area (Å²) < 4.78 is 5.40. The van der Waals surface area contributed by atoms with Gasteiger partial charge in [0.25, 0.3) is 5.91 Å². The molecule has 1 aliphatic heterocycles. The summed E-state index contributed by atoms with van der Waals surface area (Å²) in [6, 6.07) is 9.26. The molecule has 7 heteroatoms. The molecular formula is C22H24N2O5. The Morgan fingerprint density at radius 1 is 1.14 bits per heavy atom. The van der Waals surface area contributed by atoms with Gasteiger partial charge in [0.15, 0.2) is 5.76 Å². The highest BCUT2D eigenvalue weighted by Gasteiger charge is 2.40. The van der Waals surface area contributed by atoms with Gasteiger partial charge >= 0.3 is 5.97 Å². The molecule has 2 aromatic rings. The lowest BCUT2D eigenvalue weighted by molar-refractivity contribution is -0.150. The highest BCUT2D eigenvalue weighted by Crippen LogP contribution is 2.36. The number of anilines is 1. The third kappa shape index (κ3) is 3.64. The van der Waals surface area contributed by atoms with Crippen LogP contribution in [0.3, 0.4) is 0 Å². The predicted molar refractivity (Wildman–Crippen MR) is 106 cm³/mol. The van der Waals surface area contributed by atoms with Crippen molar-refractivity contribution in [3.8, 4) is 0 Å². The smallest absolute Gasteiger partial charge is 0.311 e. The molecule has 1 aromatic heterocycles. The van der Waals surface area contributed by atoms with E-state index in [2.05, 4.69) is 5.32 Å². The number of amides is 2. The van der Waals surface area contributed by atoms with Gasteiger partial charge in [0.05, 0.1) is 24.6 Å². The third-order valence-corrected chi connectivity index (χ3v) is 6.06. The molecule has 29 heavy (non-hydrogen) atoms. The molecular weight excluding hydrogens is 372 g/mol. The standard InChI is InChI=1S/C22H24N2O5/c25-18-12-15-6-2-3-7-17(15)24(18)13-16-8-11-29-19(16)20(26)23-14-22(21(27)28)9-4-1-5-10-22/h2-3,6-8,11H,1,4-5,9-10,12-14H2,(H,23,26)(H,27,28). The zero-order valence-corrected chi connectivity index (χ0v) is 16.1. The number of fused-ring (bicyclic) bond motifs is 1. The molecule has 2 amide bonds. The molecule has 0 unspecified atom stereocenters. The van der Waals surface area contributed by atoms with E-state index in [1.807, 2.05) is 24.3 Å². The van der Waals surface area contributed by atoms with Crippen molar-refractivity contribution in [2.45, 2.75) is 45.1 Å². The number of benzene rings is 1. The second kappa shape index (κ2) is 7.73. The van der Waals surface area contributed by atoms with Crippen LogP contribution in [-0.4, -0.2) is 29.4 Å². The molecule has 1 aromatic carbocycles.